The average molecular weight is 485 g/mol. The van der Waals surface area contributed by atoms with Gasteiger partial charge in [-0.3, -0.25) is 9.59 Å². The van der Waals surface area contributed by atoms with Crippen molar-refractivity contribution < 1.29 is 4.79 Å². The lowest BCUT2D eigenvalue weighted by atomic mass is 10.2. The van der Waals surface area contributed by atoms with Crippen LogP contribution in [0.1, 0.15) is 11.3 Å². The van der Waals surface area contributed by atoms with Crippen LogP contribution in [-0.2, 0) is 17.9 Å². The van der Waals surface area contributed by atoms with Gasteiger partial charge in [0.1, 0.15) is 17.4 Å². The normalized spacial score (nSPS) is 11.1. The van der Waals surface area contributed by atoms with Crippen molar-refractivity contribution in [2.45, 2.75) is 24.9 Å². The molecule has 3 heterocycles. The SMILES string of the molecule is CSc1ccc(CNC(=O)Cn2nc(C)c3nn(-c4ccccc4)c(-n4cccc4)c3c2=O)cc1. The summed E-state index contributed by atoms with van der Waals surface area (Å²) in [6, 6.07) is 21.4. The second-order valence-corrected chi connectivity index (χ2v) is 8.94. The number of carbonyl (C=O) groups is 1. The first-order chi connectivity index (χ1) is 17.0. The number of fused-ring (bicyclic) bond motifs is 1. The third-order valence-corrected chi connectivity index (χ3v) is 6.46. The molecule has 3 aromatic heterocycles. The number of aryl methyl sites for hydroxylation is 1. The number of rotatable bonds is 7. The number of carbonyl (C=O) groups excluding carboxylic acids is 1. The number of hydrogen-bond donors (Lipinski definition) is 1. The van der Waals surface area contributed by atoms with Crippen LogP contribution in [0.25, 0.3) is 22.4 Å². The van der Waals surface area contributed by atoms with Gasteiger partial charge in [0.15, 0.2) is 5.82 Å². The Morgan fingerprint density at radius 1 is 0.971 bits per heavy atom. The summed E-state index contributed by atoms with van der Waals surface area (Å²) in [5.74, 6) is 0.319. The number of benzene rings is 2. The van der Waals surface area contributed by atoms with E-state index in [-0.39, 0.29) is 18.0 Å². The first-order valence-corrected chi connectivity index (χ1v) is 12.4. The molecule has 0 spiro atoms. The Hall–Kier alpha value is -4.11. The molecule has 0 fully saturated rings. The first kappa shape index (κ1) is 22.7. The van der Waals surface area contributed by atoms with E-state index in [4.69, 9.17) is 5.10 Å². The van der Waals surface area contributed by atoms with Gasteiger partial charge in [0, 0.05) is 23.8 Å². The van der Waals surface area contributed by atoms with Gasteiger partial charge in [-0.25, -0.2) is 9.36 Å². The lowest BCUT2D eigenvalue weighted by Gasteiger charge is -2.10. The molecular formula is C26H24N6O2S. The molecule has 0 bridgehead atoms. The van der Waals surface area contributed by atoms with Crippen LogP contribution in [0.5, 0.6) is 0 Å². The Balaban J connectivity index is 1.50. The first-order valence-electron chi connectivity index (χ1n) is 11.1. The number of nitrogens with one attached hydrogen (secondary N) is 1. The summed E-state index contributed by atoms with van der Waals surface area (Å²) in [6.07, 6.45) is 5.75. The second-order valence-electron chi connectivity index (χ2n) is 8.06. The van der Waals surface area contributed by atoms with Gasteiger partial charge in [0.05, 0.1) is 11.4 Å². The molecule has 0 saturated heterocycles. The van der Waals surface area contributed by atoms with Crippen molar-refractivity contribution in [1.82, 2.24) is 29.4 Å². The van der Waals surface area contributed by atoms with Gasteiger partial charge in [0.2, 0.25) is 5.91 Å². The van der Waals surface area contributed by atoms with Crippen molar-refractivity contribution in [3.05, 3.63) is 101 Å². The molecular weight excluding hydrogens is 460 g/mol. The molecule has 2 aromatic carbocycles. The summed E-state index contributed by atoms with van der Waals surface area (Å²) in [5, 5.41) is 12.4. The van der Waals surface area contributed by atoms with E-state index < -0.39 is 0 Å². The van der Waals surface area contributed by atoms with E-state index in [1.54, 1.807) is 23.4 Å². The van der Waals surface area contributed by atoms with Crippen LogP contribution in [0, 0.1) is 6.92 Å². The topological polar surface area (TPSA) is 86.7 Å². The largest absolute Gasteiger partial charge is 0.350 e. The summed E-state index contributed by atoms with van der Waals surface area (Å²) in [4.78, 5) is 27.4. The summed E-state index contributed by atoms with van der Waals surface area (Å²) in [5.41, 5.74) is 2.53. The van der Waals surface area contributed by atoms with Crippen molar-refractivity contribution >= 4 is 28.6 Å². The van der Waals surface area contributed by atoms with Gasteiger partial charge in [-0.2, -0.15) is 10.2 Å². The van der Waals surface area contributed by atoms with Crippen molar-refractivity contribution in [2.24, 2.45) is 0 Å². The van der Waals surface area contributed by atoms with Gasteiger partial charge in [-0.05, 0) is 55.1 Å². The molecule has 0 aliphatic carbocycles. The zero-order valence-electron chi connectivity index (χ0n) is 19.4. The number of hydrogen-bond acceptors (Lipinski definition) is 5. The van der Waals surface area contributed by atoms with Crippen molar-refractivity contribution in [3.8, 4) is 11.5 Å². The van der Waals surface area contributed by atoms with Crippen LogP contribution < -0.4 is 10.9 Å². The Morgan fingerprint density at radius 3 is 2.37 bits per heavy atom. The minimum Gasteiger partial charge on any atom is -0.350 e. The fourth-order valence-electron chi connectivity index (χ4n) is 3.97. The molecule has 0 unspecified atom stereocenters. The quantitative estimate of drug-likeness (QED) is 0.356. The number of amides is 1. The van der Waals surface area contributed by atoms with Crippen molar-refractivity contribution in [1.29, 1.82) is 0 Å². The molecule has 0 saturated carbocycles. The maximum absolute atomic E-state index is 13.6. The third-order valence-electron chi connectivity index (χ3n) is 5.71. The van der Waals surface area contributed by atoms with Crippen LogP contribution in [-0.4, -0.2) is 36.3 Å². The van der Waals surface area contributed by atoms with E-state index >= 15 is 0 Å². The maximum Gasteiger partial charge on any atom is 0.280 e. The minimum absolute atomic E-state index is 0.180. The van der Waals surface area contributed by atoms with E-state index in [2.05, 4.69) is 10.4 Å². The van der Waals surface area contributed by atoms with Gasteiger partial charge in [-0.15, -0.1) is 11.8 Å². The smallest absolute Gasteiger partial charge is 0.280 e. The van der Waals surface area contributed by atoms with E-state index in [1.807, 2.05) is 89.9 Å². The van der Waals surface area contributed by atoms with Crippen LogP contribution >= 0.6 is 11.8 Å². The predicted molar refractivity (Wildman–Crippen MR) is 137 cm³/mol. The Kier molecular flexibility index (Phi) is 6.24. The van der Waals surface area contributed by atoms with Gasteiger partial charge in [-0.1, -0.05) is 30.3 Å². The molecule has 0 aliphatic rings. The average Bonchev–Trinajstić information content (AvgIpc) is 3.55. The molecule has 0 aliphatic heterocycles. The number of para-hydroxylation sites is 1. The number of thioether (sulfide) groups is 1. The molecule has 0 atom stereocenters. The summed E-state index contributed by atoms with van der Waals surface area (Å²) < 4.78 is 4.81. The minimum atomic E-state index is -0.365. The summed E-state index contributed by atoms with van der Waals surface area (Å²) in [7, 11) is 0. The Bertz CT molecular complexity index is 1540. The predicted octanol–water partition coefficient (Wildman–Crippen LogP) is 3.72. The zero-order chi connectivity index (χ0) is 24.4. The van der Waals surface area contributed by atoms with E-state index in [0.29, 0.717) is 29.0 Å². The molecule has 8 nitrogen and oxygen atoms in total. The standard InChI is InChI=1S/C26H24N6O2S/c1-18-24-23(25(30-14-6-7-15-30)32(29-24)20-8-4-3-5-9-20)26(34)31(28-18)17-22(33)27-16-19-10-12-21(35-2)13-11-19/h3-15H,16-17H2,1-2H3,(H,27,33). The number of nitrogens with zero attached hydrogens (tertiary/aromatic N) is 5. The van der Waals surface area contributed by atoms with Crippen LogP contribution in [0.2, 0.25) is 0 Å². The zero-order valence-corrected chi connectivity index (χ0v) is 20.2. The van der Waals surface area contributed by atoms with Crippen molar-refractivity contribution in [2.75, 3.05) is 6.26 Å². The lowest BCUT2D eigenvalue weighted by molar-refractivity contribution is -0.122. The molecule has 0 radical (unpaired) electrons. The Morgan fingerprint density at radius 2 is 1.69 bits per heavy atom. The second kappa shape index (κ2) is 9.63. The molecule has 5 rings (SSSR count). The molecule has 5 aromatic rings. The van der Waals surface area contributed by atoms with Gasteiger partial charge in [0.25, 0.3) is 5.56 Å². The summed E-state index contributed by atoms with van der Waals surface area (Å²) >= 11 is 1.67. The monoisotopic (exact) mass is 484 g/mol. The highest BCUT2D eigenvalue weighted by molar-refractivity contribution is 7.98. The van der Waals surface area contributed by atoms with Crippen molar-refractivity contribution in [3.63, 3.8) is 0 Å². The highest BCUT2D eigenvalue weighted by atomic mass is 32.2. The summed E-state index contributed by atoms with van der Waals surface area (Å²) in [6.45, 7) is 2.00. The van der Waals surface area contributed by atoms with Crippen LogP contribution in [0.4, 0.5) is 0 Å². The maximum atomic E-state index is 13.6. The van der Waals surface area contributed by atoms with E-state index in [1.165, 1.54) is 4.68 Å². The number of aromatic nitrogens is 5. The Labute approximate surface area is 206 Å². The fraction of sp³-hybridized carbons (Fsp3) is 0.154. The highest BCUT2D eigenvalue weighted by Gasteiger charge is 2.22. The lowest BCUT2D eigenvalue weighted by Crippen LogP contribution is -2.34. The molecule has 176 valence electrons. The fourth-order valence-corrected chi connectivity index (χ4v) is 4.38. The molecule has 35 heavy (non-hydrogen) atoms. The van der Waals surface area contributed by atoms with E-state index in [0.717, 1.165) is 16.1 Å². The highest BCUT2D eigenvalue weighted by Crippen LogP contribution is 2.24. The van der Waals surface area contributed by atoms with Gasteiger partial charge >= 0.3 is 0 Å². The molecule has 9 heteroatoms. The van der Waals surface area contributed by atoms with Gasteiger partial charge < -0.3 is 9.88 Å². The molecule has 1 N–H and O–H groups in total. The molecule has 1 amide bonds. The van der Waals surface area contributed by atoms with Crippen LogP contribution in [0.15, 0.2) is 88.8 Å². The van der Waals surface area contributed by atoms with Crippen LogP contribution in [0.3, 0.4) is 0 Å². The third kappa shape index (κ3) is 4.50. The van der Waals surface area contributed by atoms with E-state index in [9.17, 15) is 9.59 Å².